The first kappa shape index (κ1) is 19.9. The van der Waals surface area contributed by atoms with Gasteiger partial charge in [-0.3, -0.25) is 23.7 Å². The summed E-state index contributed by atoms with van der Waals surface area (Å²) in [6.07, 6.45) is 4.75. The van der Waals surface area contributed by atoms with Gasteiger partial charge in [-0.2, -0.15) is 10.1 Å². The van der Waals surface area contributed by atoms with Gasteiger partial charge in [0.2, 0.25) is 5.95 Å². The van der Waals surface area contributed by atoms with Crippen LogP contribution in [-0.4, -0.2) is 50.0 Å². The van der Waals surface area contributed by atoms with Crippen LogP contribution in [0.2, 0.25) is 0 Å². The molecule has 0 radical (unpaired) electrons. The van der Waals surface area contributed by atoms with Crippen molar-refractivity contribution >= 4 is 40.6 Å². The number of fused-ring (bicyclic) bond motifs is 2. The lowest BCUT2D eigenvalue weighted by Crippen LogP contribution is -2.32. The summed E-state index contributed by atoms with van der Waals surface area (Å²) in [4.78, 5) is 45.9. The summed E-state index contributed by atoms with van der Waals surface area (Å²) >= 11 is 0. The third-order valence-electron chi connectivity index (χ3n) is 5.77. The molecule has 2 aliphatic heterocycles. The maximum Gasteiger partial charge on any atom is 0.329 e. The van der Waals surface area contributed by atoms with E-state index in [2.05, 4.69) is 30.4 Å². The van der Waals surface area contributed by atoms with Gasteiger partial charge in [0, 0.05) is 31.9 Å². The van der Waals surface area contributed by atoms with E-state index in [0.717, 1.165) is 32.4 Å². The van der Waals surface area contributed by atoms with Crippen molar-refractivity contribution in [3.63, 3.8) is 0 Å². The molecule has 0 atom stereocenters. The number of rotatable bonds is 4. The van der Waals surface area contributed by atoms with Gasteiger partial charge in [0.15, 0.2) is 16.9 Å². The molecule has 0 aliphatic carbocycles. The zero-order valence-corrected chi connectivity index (χ0v) is 17.5. The first-order valence-electron chi connectivity index (χ1n) is 10.5. The number of anilines is 2. The second-order valence-corrected chi connectivity index (χ2v) is 7.81. The average molecular weight is 434 g/mol. The van der Waals surface area contributed by atoms with E-state index in [-0.39, 0.29) is 18.2 Å². The largest absolute Gasteiger partial charge is 0.342 e. The standard InChI is InChI=1S/C21H22N8O3/c1-27-17-16(19(31)25-21(27)32)29(20(24-17)28-10-5-2-6-11-28)12-9-22-26-15-13-7-3-4-8-14(13)23-18(15)30/h3-4,7-9H,2,5-6,10-12H2,1H3,(H,23,26,30)(H,25,31,32)/b22-9+. The van der Waals surface area contributed by atoms with E-state index in [1.54, 1.807) is 23.7 Å². The summed E-state index contributed by atoms with van der Waals surface area (Å²) in [7, 11) is 1.58. The Labute approximate surface area is 182 Å². The number of imidazole rings is 1. The van der Waals surface area contributed by atoms with Gasteiger partial charge in [-0.05, 0) is 25.3 Å². The van der Waals surface area contributed by atoms with E-state index < -0.39 is 11.2 Å². The van der Waals surface area contributed by atoms with Crippen LogP contribution >= 0.6 is 0 Å². The molecule has 1 saturated heterocycles. The summed E-state index contributed by atoms with van der Waals surface area (Å²) < 4.78 is 3.07. The van der Waals surface area contributed by atoms with E-state index >= 15 is 0 Å². The minimum atomic E-state index is -0.511. The molecule has 4 heterocycles. The number of carbonyl (C=O) groups excluding carboxylic acids is 1. The van der Waals surface area contributed by atoms with Crippen molar-refractivity contribution < 1.29 is 4.79 Å². The van der Waals surface area contributed by atoms with E-state index in [0.29, 0.717) is 28.4 Å². The quantitative estimate of drug-likeness (QED) is 0.464. The van der Waals surface area contributed by atoms with E-state index in [1.165, 1.54) is 10.8 Å². The SMILES string of the molecule is Cn1c(=O)[nH]c(=O)c2c1nc(N1CCCCC1)n2C/C=N/N=C1/C(=O)Nc2ccccc21. The fraction of sp³-hybridized carbons (Fsp3) is 0.333. The Morgan fingerprint density at radius 1 is 1.12 bits per heavy atom. The summed E-state index contributed by atoms with van der Waals surface area (Å²) in [5, 5.41) is 11.0. The number of H-pyrrole nitrogens is 1. The fourth-order valence-corrected chi connectivity index (χ4v) is 4.15. The number of nitrogens with zero attached hydrogens (tertiary/aromatic N) is 6. The van der Waals surface area contributed by atoms with E-state index in [1.807, 2.05) is 12.1 Å². The van der Waals surface area contributed by atoms with Crippen molar-refractivity contribution in [1.29, 1.82) is 0 Å². The lowest BCUT2D eigenvalue weighted by molar-refractivity contribution is -0.110. The maximum atomic E-state index is 12.6. The number of carbonyl (C=O) groups is 1. The summed E-state index contributed by atoms with van der Waals surface area (Å²) in [5.41, 5.74) is 1.25. The van der Waals surface area contributed by atoms with Gasteiger partial charge in [-0.15, -0.1) is 5.10 Å². The van der Waals surface area contributed by atoms with Gasteiger partial charge in [-0.25, -0.2) is 4.79 Å². The normalized spacial score (nSPS) is 17.5. The molecule has 0 spiro atoms. The molecule has 0 bridgehead atoms. The average Bonchev–Trinajstić information content (AvgIpc) is 3.34. The van der Waals surface area contributed by atoms with Crippen molar-refractivity contribution in [2.24, 2.45) is 17.3 Å². The van der Waals surface area contributed by atoms with E-state index in [4.69, 9.17) is 0 Å². The molecule has 1 aromatic carbocycles. The first-order chi connectivity index (χ1) is 15.5. The molecule has 3 aromatic rings. The van der Waals surface area contributed by atoms with Gasteiger partial charge in [0.05, 0.1) is 12.2 Å². The number of aryl methyl sites for hydroxylation is 1. The lowest BCUT2D eigenvalue weighted by Gasteiger charge is -2.27. The minimum Gasteiger partial charge on any atom is -0.342 e. The number of piperidine rings is 1. The van der Waals surface area contributed by atoms with Crippen LogP contribution in [0.25, 0.3) is 11.2 Å². The third-order valence-corrected chi connectivity index (χ3v) is 5.77. The molecule has 11 nitrogen and oxygen atoms in total. The van der Waals surface area contributed by atoms with Crippen molar-refractivity contribution in [3.8, 4) is 0 Å². The van der Waals surface area contributed by atoms with Crippen LogP contribution < -0.4 is 21.5 Å². The van der Waals surface area contributed by atoms with Crippen molar-refractivity contribution in [2.75, 3.05) is 23.3 Å². The van der Waals surface area contributed by atoms with Gasteiger partial charge in [-0.1, -0.05) is 18.2 Å². The number of hydrogen-bond donors (Lipinski definition) is 2. The van der Waals surface area contributed by atoms with Crippen molar-refractivity contribution in [2.45, 2.75) is 25.8 Å². The third kappa shape index (κ3) is 3.31. The molecule has 164 valence electrons. The first-order valence-corrected chi connectivity index (χ1v) is 10.5. The Morgan fingerprint density at radius 3 is 2.72 bits per heavy atom. The highest BCUT2D eigenvalue weighted by molar-refractivity contribution is 6.53. The Bertz CT molecular complexity index is 1390. The Hall–Kier alpha value is -4.02. The number of aromatic nitrogens is 4. The maximum absolute atomic E-state index is 12.6. The molecule has 11 heteroatoms. The van der Waals surface area contributed by atoms with Gasteiger partial charge < -0.3 is 10.2 Å². The molecule has 1 fully saturated rings. The van der Waals surface area contributed by atoms with Crippen LogP contribution in [0.3, 0.4) is 0 Å². The smallest absolute Gasteiger partial charge is 0.329 e. The number of amides is 1. The summed E-state index contributed by atoms with van der Waals surface area (Å²) in [6.45, 7) is 1.86. The molecule has 2 aromatic heterocycles. The highest BCUT2D eigenvalue weighted by Crippen LogP contribution is 2.24. The Kier molecular flexibility index (Phi) is 4.92. The monoisotopic (exact) mass is 434 g/mol. The molecule has 2 N–H and O–H groups in total. The molecular weight excluding hydrogens is 412 g/mol. The van der Waals surface area contributed by atoms with Crippen LogP contribution in [0.5, 0.6) is 0 Å². The van der Waals surface area contributed by atoms with Gasteiger partial charge in [0.25, 0.3) is 11.5 Å². The molecular formula is C21H22N8O3. The number of para-hydroxylation sites is 1. The number of nitrogens with one attached hydrogen (secondary N) is 2. The second-order valence-electron chi connectivity index (χ2n) is 7.81. The topological polar surface area (TPSA) is 130 Å². The van der Waals surface area contributed by atoms with Crippen molar-refractivity contribution in [1.82, 2.24) is 19.1 Å². The van der Waals surface area contributed by atoms with Gasteiger partial charge in [0.1, 0.15) is 0 Å². The molecule has 0 unspecified atom stereocenters. The van der Waals surface area contributed by atoms with Crippen LogP contribution in [0.15, 0.2) is 44.1 Å². The predicted molar refractivity (Wildman–Crippen MR) is 122 cm³/mol. The van der Waals surface area contributed by atoms with Crippen LogP contribution in [0, 0.1) is 0 Å². The number of hydrogen-bond acceptors (Lipinski definition) is 7. The molecule has 5 rings (SSSR count). The number of aromatic amines is 1. The molecule has 1 amide bonds. The lowest BCUT2D eigenvalue weighted by atomic mass is 10.1. The molecule has 0 saturated carbocycles. The molecule has 2 aliphatic rings. The summed E-state index contributed by atoms with van der Waals surface area (Å²) in [6, 6.07) is 7.28. The highest BCUT2D eigenvalue weighted by Gasteiger charge is 2.25. The minimum absolute atomic E-state index is 0.212. The fourth-order valence-electron chi connectivity index (χ4n) is 4.15. The molecule has 32 heavy (non-hydrogen) atoms. The van der Waals surface area contributed by atoms with Crippen molar-refractivity contribution in [3.05, 3.63) is 50.7 Å². The van der Waals surface area contributed by atoms with E-state index in [9.17, 15) is 14.4 Å². The highest BCUT2D eigenvalue weighted by atomic mass is 16.2. The number of benzene rings is 1. The van der Waals surface area contributed by atoms with Gasteiger partial charge >= 0.3 is 5.69 Å². The Morgan fingerprint density at radius 2 is 1.91 bits per heavy atom. The Balaban J connectivity index is 1.52. The predicted octanol–water partition coefficient (Wildman–Crippen LogP) is 0.841. The van der Waals surface area contributed by atoms with Crippen LogP contribution in [0.4, 0.5) is 11.6 Å². The van der Waals surface area contributed by atoms with Crippen LogP contribution in [-0.2, 0) is 18.4 Å². The zero-order chi connectivity index (χ0) is 22.2. The summed E-state index contributed by atoms with van der Waals surface area (Å²) in [5.74, 6) is 0.311. The zero-order valence-electron chi connectivity index (χ0n) is 17.5. The second kappa shape index (κ2) is 7.91. The van der Waals surface area contributed by atoms with Crippen LogP contribution in [0.1, 0.15) is 24.8 Å².